The standard InChI is InChI=1S/C13H16N2O/c1-9-6-7-11-12(14-8-10(2)16)4-3-5-13(11)15-9/h3-7,10,14,16H,8H2,1-2H3. The minimum absolute atomic E-state index is 0.353. The number of aliphatic hydroxyl groups excluding tert-OH is 1. The Morgan fingerprint density at radius 3 is 2.88 bits per heavy atom. The third-order valence-corrected chi connectivity index (χ3v) is 2.46. The van der Waals surface area contributed by atoms with E-state index in [1.807, 2.05) is 31.2 Å². The first kappa shape index (κ1) is 10.9. The van der Waals surface area contributed by atoms with E-state index in [2.05, 4.69) is 16.4 Å². The van der Waals surface area contributed by atoms with Crippen LogP contribution in [0.1, 0.15) is 12.6 Å². The summed E-state index contributed by atoms with van der Waals surface area (Å²) < 4.78 is 0. The Morgan fingerprint density at radius 2 is 2.12 bits per heavy atom. The topological polar surface area (TPSA) is 45.1 Å². The van der Waals surface area contributed by atoms with Crippen molar-refractivity contribution in [1.29, 1.82) is 0 Å². The van der Waals surface area contributed by atoms with Gasteiger partial charge in [0.25, 0.3) is 0 Å². The van der Waals surface area contributed by atoms with E-state index in [0.29, 0.717) is 6.54 Å². The molecule has 0 aliphatic carbocycles. The van der Waals surface area contributed by atoms with Crippen LogP contribution in [0.4, 0.5) is 5.69 Å². The van der Waals surface area contributed by atoms with Crippen molar-refractivity contribution >= 4 is 16.6 Å². The zero-order valence-corrected chi connectivity index (χ0v) is 9.57. The minimum Gasteiger partial charge on any atom is -0.392 e. The molecule has 1 aromatic heterocycles. The second kappa shape index (κ2) is 4.49. The molecule has 2 rings (SSSR count). The molecular formula is C13H16N2O. The maximum atomic E-state index is 9.25. The van der Waals surface area contributed by atoms with Gasteiger partial charge in [-0.2, -0.15) is 0 Å². The predicted molar refractivity (Wildman–Crippen MR) is 66.7 cm³/mol. The summed E-state index contributed by atoms with van der Waals surface area (Å²) in [6, 6.07) is 10.0. The number of hydrogen-bond donors (Lipinski definition) is 2. The lowest BCUT2D eigenvalue weighted by molar-refractivity contribution is 0.208. The molecule has 0 radical (unpaired) electrons. The average molecular weight is 216 g/mol. The van der Waals surface area contributed by atoms with E-state index >= 15 is 0 Å². The maximum absolute atomic E-state index is 9.25. The molecule has 1 aromatic carbocycles. The number of hydrogen-bond acceptors (Lipinski definition) is 3. The number of nitrogens with one attached hydrogen (secondary N) is 1. The Bertz CT molecular complexity index is 494. The summed E-state index contributed by atoms with van der Waals surface area (Å²) in [5.41, 5.74) is 3.02. The SMILES string of the molecule is Cc1ccc2c(NCC(C)O)cccc2n1. The van der Waals surface area contributed by atoms with Crippen LogP contribution in [-0.4, -0.2) is 22.7 Å². The van der Waals surface area contributed by atoms with E-state index < -0.39 is 0 Å². The van der Waals surface area contributed by atoms with Crippen LogP contribution in [0.15, 0.2) is 30.3 Å². The number of rotatable bonds is 3. The highest BCUT2D eigenvalue weighted by Gasteiger charge is 2.02. The molecule has 0 saturated heterocycles. The maximum Gasteiger partial charge on any atom is 0.0725 e. The van der Waals surface area contributed by atoms with Crippen molar-refractivity contribution in [3.63, 3.8) is 0 Å². The Hall–Kier alpha value is -1.61. The molecule has 0 aliphatic heterocycles. The number of aliphatic hydroxyl groups is 1. The van der Waals surface area contributed by atoms with Gasteiger partial charge >= 0.3 is 0 Å². The average Bonchev–Trinajstić information content (AvgIpc) is 2.25. The van der Waals surface area contributed by atoms with Crippen molar-refractivity contribution in [3.05, 3.63) is 36.0 Å². The first-order chi connectivity index (χ1) is 7.66. The van der Waals surface area contributed by atoms with Crippen LogP contribution in [0.5, 0.6) is 0 Å². The van der Waals surface area contributed by atoms with Gasteiger partial charge in [-0.25, -0.2) is 0 Å². The van der Waals surface area contributed by atoms with Crippen LogP contribution >= 0.6 is 0 Å². The predicted octanol–water partition coefficient (Wildman–Crippen LogP) is 2.34. The van der Waals surface area contributed by atoms with Gasteiger partial charge in [0.2, 0.25) is 0 Å². The Morgan fingerprint density at radius 1 is 1.31 bits per heavy atom. The van der Waals surface area contributed by atoms with Crippen molar-refractivity contribution in [3.8, 4) is 0 Å². The molecule has 2 aromatic rings. The third-order valence-electron chi connectivity index (χ3n) is 2.46. The second-order valence-corrected chi connectivity index (χ2v) is 4.05. The number of aryl methyl sites for hydroxylation is 1. The van der Waals surface area contributed by atoms with E-state index in [1.165, 1.54) is 0 Å². The lowest BCUT2D eigenvalue weighted by atomic mass is 10.1. The van der Waals surface area contributed by atoms with Gasteiger partial charge < -0.3 is 10.4 Å². The molecule has 16 heavy (non-hydrogen) atoms. The monoisotopic (exact) mass is 216 g/mol. The fourth-order valence-corrected chi connectivity index (χ4v) is 1.67. The van der Waals surface area contributed by atoms with Crippen molar-refractivity contribution in [1.82, 2.24) is 4.98 Å². The smallest absolute Gasteiger partial charge is 0.0725 e. The van der Waals surface area contributed by atoms with E-state index in [0.717, 1.165) is 22.3 Å². The molecule has 1 atom stereocenters. The number of fused-ring (bicyclic) bond motifs is 1. The summed E-state index contributed by atoms with van der Waals surface area (Å²) in [6.07, 6.45) is -0.353. The van der Waals surface area contributed by atoms with E-state index in [9.17, 15) is 5.11 Å². The molecule has 0 aliphatic rings. The van der Waals surface area contributed by atoms with E-state index in [4.69, 9.17) is 0 Å². The number of aromatic nitrogens is 1. The highest BCUT2D eigenvalue weighted by molar-refractivity contribution is 5.91. The Balaban J connectivity index is 2.38. The number of anilines is 1. The van der Waals surface area contributed by atoms with Crippen molar-refractivity contribution in [2.45, 2.75) is 20.0 Å². The summed E-state index contributed by atoms with van der Waals surface area (Å²) in [4.78, 5) is 4.46. The van der Waals surface area contributed by atoms with E-state index in [1.54, 1.807) is 6.92 Å². The molecule has 1 heterocycles. The summed E-state index contributed by atoms with van der Waals surface area (Å²) >= 11 is 0. The van der Waals surface area contributed by atoms with Gasteiger partial charge in [0, 0.05) is 23.3 Å². The molecule has 0 spiro atoms. The highest BCUT2D eigenvalue weighted by atomic mass is 16.3. The fourth-order valence-electron chi connectivity index (χ4n) is 1.67. The van der Waals surface area contributed by atoms with Gasteiger partial charge in [0.1, 0.15) is 0 Å². The molecule has 0 saturated carbocycles. The highest BCUT2D eigenvalue weighted by Crippen LogP contribution is 2.21. The second-order valence-electron chi connectivity index (χ2n) is 4.05. The van der Waals surface area contributed by atoms with Crippen molar-refractivity contribution in [2.75, 3.05) is 11.9 Å². The number of benzene rings is 1. The normalized spacial score (nSPS) is 12.7. The summed E-state index contributed by atoms with van der Waals surface area (Å²) in [5.74, 6) is 0. The Kier molecular flexibility index (Phi) is 3.06. The summed E-state index contributed by atoms with van der Waals surface area (Å²) in [5, 5.41) is 13.6. The summed E-state index contributed by atoms with van der Waals surface area (Å²) in [7, 11) is 0. The molecule has 0 amide bonds. The lowest BCUT2D eigenvalue weighted by Crippen LogP contribution is -2.15. The van der Waals surface area contributed by atoms with Crippen molar-refractivity contribution in [2.24, 2.45) is 0 Å². The molecule has 1 unspecified atom stereocenters. The molecule has 3 heteroatoms. The number of pyridine rings is 1. The van der Waals surface area contributed by atoms with Crippen molar-refractivity contribution < 1.29 is 5.11 Å². The number of nitrogens with zero attached hydrogens (tertiary/aromatic N) is 1. The lowest BCUT2D eigenvalue weighted by Gasteiger charge is -2.11. The Labute approximate surface area is 95.1 Å². The van der Waals surface area contributed by atoms with Gasteiger partial charge in [-0.05, 0) is 38.1 Å². The van der Waals surface area contributed by atoms with Gasteiger partial charge in [-0.3, -0.25) is 4.98 Å². The van der Waals surface area contributed by atoms with Gasteiger partial charge in [0.15, 0.2) is 0 Å². The van der Waals surface area contributed by atoms with Crippen LogP contribution < -0.4 is 5.32 Å². The summed E-state index contributed by atoms with van der Waals surface area (Å²) in [6.45, 7) is 4.29. The zero-order chi connectivity index (χ0) is 11.5. The van der Waals surface area contributed by atoms with Gasteiger partial charge in [0.05, 0.1) is 11.6 Å². The molecular weight excluding hydrogens is 200 g/mol. The quantitative estimate of drug-likeness (QED) is 0.827. The van der Waals surface area contributed by atoms with Crippen LogP contribution in [-0.2, 0) is 0 Å². The first-order valence-corrected chi connectivity index (χ1v) is 5.45. The van der Waals surface area contributed by atoms with Gasteiger partial charge in [-0.1, -0.05) is 6.07 Å². The van der Waals surface area contributed by atoms with Crippen LogP contribution in [0, 0.1) is 6.92 Å². The first-order valence-electron chi connectivity index (χ1n) is 5.45. The van der Waals surface area contributed by atoms with Crippen LogP contribution in [0.25, 0.3) is 10.9 Å². The zero-order valence-electron chi connectivity index (χ0n) is 9.57. The van der Waals surface area contributed by atoms with Crippen LogP contribution in [0.3, 0.4) is 0 Å². The van der Waals surface area contributed by atoms with E-state index in [-0.39, 0.29) is 6.10 Å². The van der Waals surface area contributed by atoms with Crippen LogP contribution in [0.2, 0.25) is 0 Å². The molecule has 0 fully saturated rings. The molecule has 84 valence electrons. The molecule has 3 nitrogen and oxygen atoms in total. The third kappa shape index (κ3) is 2.31. The fraction of sp³-hybridized carbons (Fsp3) is 0.308. The minimum atomic E-state index is -0.353. The largest absolute Gasteiger partial charge is 0.392 e. The molecule has 0 bridgehead atoms. The van der Waals surface area contributed by atoms with Gasteiger partial charge in [-0.15, -0.1) is 0 Å². The molecule has 2 N–H and O–H groups in total.